The Morgan fingerprint density at radius 1 is 1.56 bits per heavy atom. The lowest BCUT2D eigenvalue weighted by molar-refractivity contribution is -0.121. The van der Waals surface area contributed by atoms with E-state index in [0.29, 0.717) is 12.5 Å². The second kappa shape index (κ2) is 6.19. The predicted octanol–water partition coefficient (Wildman–Crippen LogP) is 0.973. The molecule has 0 aromatic carbocycles. The maximum absolute atomic E-state index is 11.5. The molecule has 1 N–H and O–H groups in total. The van der Waals surface area contributed by atoms with Crippen LogP contribution in [0.25, 0.3) is 0 Å². The second-order valence-corrected chi connectivity index (χ2v) is 6.91. The zero-order valence-corrected chi connectivity index (χ0v) is 11.8. The Labute approximate surface area is 111 Å². The lowest BCUT2D eigenvalue weighted by Crippen LogP contribution is -2.29. The van der Waals surface area contributed by atoms with Gasteiger partial charge in [-0.3, -0.25) is 9.48 Å². The fourth-order valence-electron chi connectivity index (χ4n) is 1.26. The number of aromatic nitrogens is 2. The van der Waals surface area contributed by atoms with Crippen molar-refractivity contribution < 1.29 is 13.2 Å². The van der Waals surface area contributed by atoms with E-state index < -0.39 is 9.05 Å². The van der Waals surface area contributed by atoms with Gasteiger partial charge in [0.05, 0.1) is 6.20 Å². The number of carbonyl (C=O) groups excluding carboxylic acids is 1. The fourth-order valence-corrected chi connectivity index (χ4v) is 1.92. The number of nitrogens with one attached hydrogen (secondary N) is 1. The van der Waals surface area contributed by atoms with Crippen LogP contribution in [0.5, 0.6) is 0 Å². The van der Waals surface area contributed by atoms with Crippen LogP contribution < -0.4 is 5.32 Å². The Morgan fingerprint density at radius 3 is 2.72 bits per heavy atom. The van der Waals surface area contributed by atoms with E-state index in [4.69, 9.17) is 10.7 Å². The maximum Gasteiger partial charge on any atom is 0.264 e. The first-order valence-corrected chi connectivity index (χ1v) is 7.84. The molecule has 18 heavy (non-hydrogen) atoms. The van der Waals surface area contributed by atoms with Gasteiger partial charge < -0.3 is 5.32 Å². The van der Waals surface area contributed by atoms with Gasteiger partial charge in [0.25, 0.3) is 9.05 Å². The molecule has 0 saturated carbocycles. The molecule has 0 aliphatic rings. The lowest BCUT2D eigenvalue weighted by atomic mass is 10.1. The summed E-state index contributed by atoms with van der Waals surface area (Å²) in [7, 11) is 1.36. The third kappa shape index (κ3) is 5.05. The van der Waals surface area contributed by atoms with Crippen molar-refractivity contribution in [3.63, 3.8) is 0 Å². The normalized spacial score (nSPS) is 11.8. The Morgan fingerprint density at radius 2 is 2.22 bits per heavy atom. The summed E-state index contributed by atoms with van der Waals surface area (Å²) in [5.41, 5.74) is 0. The molecule has 0 radical (unpaired) electrons. The number of nitrogens with zero attached hydrogens (tertiary/aromatic N) is 2. The SMILES string of the molecule is CC(C)CCNC(=O)Cn1cc(S(=O)(=O)Cl)cn1. The summed E-state index contributed by atoms with van der Waals surface area (Å²) in [6.07, 6.45) is 3.24. The van der Waals surface area contributed by atoms with Crippen LogP contribution in [0.1, 0.15) is 20.3 Å². The van der Waals surface area contributed by atoms with E-state index >= 15 is 0 Å². The molecule has 0 aliphatic carbocycles. The van der Waals surface area contributed by atoms with Crippen molar-refractivity contribution in [2.24, 2.45) is 5.92 Å². The third-order valence-electron chi connectivity index (χ3n) is 2.24. The quantitative estimate of drug-likeness (QED) is 0.793. The average Bonchev–Trinajstić information content (AvgIpc) is 2.64. The smallest absolute Gasteiger partial charge is 0.264 e. The Hall–Kier alpha value is -1.08. The molecule has 1 amide bonds. The minimum atomic E-state index is -3.79. The highest BCUT2D eigenvalue weighted by molar-refractivity contribution is 8.13. The van der Waals surface area contributed by atoms with E-state index in [1.54, 1.807) is 0 Å². The van der Waals surface area contributed by atoms with Gasteiger partial charge in [0, 0.05) is 23.4 Å². The minimum Gasteiger partial charge on any atom is -0.354 e. The van der Waals surface area contributed by atoms with Crippen LogP contribution in [0.4, 0.5) is 0 Å². The highest BCUT2D eigenvalue weighted by Gasteiger charge is 2.13. The van der Waals surface area contributed by atoms with E-state index in [9.17, 15) is 13.2 Å². The van der Waals surface area contributed by atoms with Gasteiger partial charge >= 0.3 is 0 Å². The van der Waals surface area contributed by atoms with Crippen molar-refractivity contribution in [3.8, 4) is 0 Å². The monoisotopic (exact) mass is 293 g/mol. The number of rotatable bonds is 6. The minimum absolute atomic E-state index is 0.0233. The van der Waals surface area contributed by atoms with Gasteiger partial charge in [-0.25, -0.2) is 8.42 Å². The van der Waals surface area contributed by atoms with Crippen molar-refractivity contribution >= 4 is 25.6 Å². The summed E-state index contributed by atoms with van der Waals surface area (Å²) in [5.74, 6) is 0.306. The lowest BCUT2D eigenvalue weighted by Gasteiger charge is -2.06. The van der Waals surface area contributed by atoms with Crippen molar-refractivity contribution in [1.29, 1.82) is 0 Å². The molecule has 1 rings (SSSR count). The van der Waals surface area contributed by atoms with E-state index in [0.717, 1.165) is 12.6 Å². The zero-order chi connectivity index (χ0) is 13.8. The van der Waals surface area contributed by atoms with Crippen LogP contribution in [0.2, 0.25) is 0 Å². The summed E-state index contributed by atoms with van der Waals surface area (Å²) in [4.78, 5) is 11.4. The number of hydrogen-bond donors (Lipinski definition) is 1. The molecular weight excluding hydrogens is 278 g/mol. The van der Waals surface area contributed by atoms with Crippen LogP contribution in [-0.4, -0.2) is 30.7 Å². The topological polar surface area (TPSA) is 81.1 Å². The molecule has 0 bridgehead atoms. The van der Waals surface area contributed by atoms with Crippen LogP contribution in [0, 0.1) is 5.92 Å². The van der Waals surface area contributed by atoms with Gasteiger partial charge in [0.1, 0.15) is 11.4 Å². The second-order valence-electron chi connectivity index (χ2n) is 4.34. The standard InChI is InChI=1S/C10H16ClN3O3S/c1-8(2)3-4-12-10(15)7-14-6-9(5-13-14)18(11,16)17/h5-6,8H,3-4,7H2,1-2H3,(H,12,15). The Balaban J connectivity index is 2.48. The molecule has 0 saturated heterocycles. The number of amides is 1. The average molecular weight is 294 g/mol. The van der Waals surface area contributed by atoms with Gasteiger partial charge in [-0.1, -0.05) is 13.8 Å². The molecule has 0 atom stereocenters. The van der Waals surface area contributed by atoms with Gasteiger partial charge in [-0.15, -0.1) is 0 Å². The molecular formula is C10H16ClN3O3S. The summed E-state index contributed by atoms with van der Waals surface area (Å²) in [6.45, 7) is 4.71. The van der Waals surface area contributed by atoms with Gasteiger partial charge in [0.2, 0.25) is 5.91 Å². The number of carbonyl (C=O) groups is 1. The molecule has 0 fully saturated rings. The molecule has 0 aliphatic heterocycles. The number of halogens is 1. The van der Waals surface area contributed by atoms with Crippen LogP contribution in [-0.2, 0) is 20.4 Å². The molecule has 8 heteroatoms. The fraction of sp³-hybridized carbons (Fsp3) is 0.600. The van der Waals surface area contributed by atoms with E-state index in [2.05, 4.69) is 24.3 Å². The van der Waals surface area contributed by atoms with Crippen molar-refractivity contribution in [2.45, 2.75) is 31.7 Å². The van der Waals surface area contributed by atoms with Crippen molar-refractivity contribution in [3.05, 3.63) is 12.4 Å². The van der Waals surface area contributed by atoms with Crippen molar-refractivity contribution in [1.82, 2.24) is 15.1 Å². The van der Waals surface area contributed by atoms with Crippen molar-refractivity contribution in [2.75, 3.05) is 6.54 Å². The molecule has 1 aromatic rings. The Bertz CT molecular complexity index is 510. The highest BCUT2D eigenvalue weighted by atomic mass is 35.7. The van der Waals surface area contributed by atoms with Crippen LogP contribution in [0.15, 0.2) is 17.3 Å². The first-order valence-electron chi connectivity index (χ1n) is 5.53. The molecule has 1 heterocycles. The maximum atomic E-state index is 11.5. The number of hydrogen-bond acceptors (Lipinski definition) is 4. The third-order valence-corrected chi connectivity index (χ3v) is 3.55. The van der Waals surface area contributed by atoms with Gasteiger partial charge in [-0.2, -0.15) is 5.10 Å². The molecule has 102 valence electrons. The summed E-state index contributed by atoms with van der Waals surface area (Å²) in [5, 5.41) is 6.49. The first-order chi connectivity index (χ1) is 8.29. The predicted molar refractivity (Wildman–Crippen MR) is 67.7 cm³/mol. The molecule has 0 unspecified atom stereocenters. The summed E-state index contributed by atoms with van der Waals surface area (Å²) < 4.78 is 23.2. The zero-order valence-electron chi connectivity index (χ0n) is 10.3. The highest BCUT2D eigenvalue weighted by Crippen LogP contribution is 2.12. The van der Waals surface area contributed by atoms with E-state index in [-0.39, 0.29) is 17.3 Å². The Kier molecular flexibility index (Phi) is 5.15. The summed E-state index contributed by atoms with van der Waals surface area (Å²) in [6, 6.07) is 0. The molecule has 6 nitrogen and oxygen atoms in total. The van der Waals surface area contributed by atoms with Gasteiger partial charge in [-0.05, 0) is 12.3 Å². The van der Waals surface area contributed by atoms with Crippen LogP contribution in [0.3, 0.4) is 0 Å². The van der Waals surface area contributed by atoms with Crippen LogP contribution >= 0.6 is 10.7 Å². The van der Waals surface area contributed by atoms with Gasteiger partial charge in [0.15, 0.2) is 0 Å². The van der Waals surface area contributed by atoms with E-state index in [1.807, 2.05) is 0 Å². The molecule has 0 spiro atoms. The largest absolute Gasteiger partial charge is 0.354 e. The summed E-state index contributed by atoms with van der Waals surface area (Å²) >= 11 is 0. The first kappa shape index (κ1) is 15.0. The van der Waals surface area contributed by atoms with E-state index in [1.165, 1.54) is 10.9 Å². The molecule has 1 aromatic heterocycles.